The van der Waals surface area contributed by atoms with Gasteiger partial charge in [-0.15, -0.1) is 0 Å². The van der Waals surface area contributed by atoms with Crippen LogP contribution < -0.4 is 4.57 Å². The lowest BCUT2D eigenvalue weighted by atomic mass is 10.1. The molecule has 0 aliphatic carbocycles. The van der Waals surface area contributed by atoms with Gasteiger partial charge < -0.3 is 0 Å². The molecule has 1 aromatic rings. The predicted molar refractivity (Wildman–Crippen MR) is 64.4 cm³/mol. The molecule has 0 aromatic carbocycles. The number of aryl methyl sites for hydroxylation is 1. The van der Waals surface area contributed by atoms with E-state index in [4.69, 9.17) is 0 Å². The highest BCUT2D eigenvalue weighted by Crippen LogP contribution is 2.03. The van der Waals surface area contributed by atoms with Crippen molar-refractivity contribution >= 4 is 6.20 Å². The zero-order valence-corrected chi connectivity index (χ0v) is 10.2. The van der Waals surface area contributed by atoms with Gasteiger partial charge in [0, 0.05) is 6.92 Å². The van der Waals surface area contributed by atoms with Gasteiger partial charge in [-0.25, -0.2) is 9.13 Å². The first-order valence-corrected chi connectivity index (χ1v) is 5.95. The summed E-state index contributed by atoms with van der Waals surface area (Å²) in [6.45, 7) is 4.38. The van der Waals surface area contributed by atoms with Gasteiger partial charge >= 0.3 is 0 Å². The maximum absolute atomic E-state index is 2.27. The van der Waals surface area contributed by atoms with Crippen LogP contribution in [0.4, 0.5) is 0 Å². The van der Waals surface area contributed by atoms with E-state index >= 15 is 0 Å². The van der Waals surface area contributed by atoms with Crippen molar-refractivity contribution in [3.8, 4) is 0 Å². The Kier molecular flexibility index (Phi) is 5.16. The average Bonchev–Trinajstić information content (AvgIpc) is 2.54. The van der Waals surface area contributed by atoms with Crippen molar-refractivity contribution in [1.29, 1.82) is 0 Å². The molecule has 1 aromatic heterocycles. The van der Waals surface area contributed by atoms with E-state index in [1.165, 1.54) is 37.9 Å². The number of aromatic nitrogens is 2. The minimum atomic E-state index is 1.20. The Balaban J connectivity index is 2.29. The Labute approximate surface area is 93.2 Å². The quantitative estimate of drug-likeness (QED) is 0.501. The summed E-state index contributed by atoms with van der Waals surface area (Å²) in [5.41, 5.74) is 0. The molecule has 1 rings (SSSR count). The van der Waals surface area contributed by atoms with Gasteiger partial charge in [-0.2, -0.15) is 0 Å². The number of allylic oxidation sites excluding steroid dienone is 1. The smallest absolute Gasteiger partial charge is 0.237 e. The molecule has 15 heavy (non-hydrogen) atoms. The molecule has 1 heterocycles. The fourth-order valence-corrected chi connectivity index (χ4v) is 1.60. The van der Waals surface area contributed by atoms with E-state index < -0.39 is 0 Å². The standard InChI is InChI=1S/C13H23N2/c1-4-5-6-7-8-9-10-15-12-11-14(3)13(15)2/h9-12H,4-8H2,1-3H3/q+1. The van der Waals surface area contributed by atoms with Gasteiger partial charge in [-0.1, -0.05) is 26.2 Å². The fraction of sp³-hybridized carbons (Fsp3) is 0.615. The van der Waals surface area contributed by atoms with Gasteiger partial charge in [-0.3, -0.25) is 0 Å². The maximum Gasteiger partial charge on any atom is 0.257 e. The van der Waals surface area contributed by atoms with Crippen LogP contribution >= 0.6 is 0 Å². The van der Waals surface area contributed by atoms with Crippen LogP contribution in [0.3, 0.4) is 0 Å². The normalized spacial score (nSPS) is 11.4. The van der Waals surface area contributed by atoms with Crippen LogP contribution in [-0.2, 0) is 7.05 Å². The van der Waals surface area contributed by atoms with Crippen molar-refractivity contribution in [2.45, 2.75) is 46.0 Å². The fourth-order valence-electron chi connectivity index (χ4n) is 1.60. The number of rotatable bonds is 6. The molecule has 0 N–H and O–H groups in total. The lowest BCUT2D eigenvalue weighted by Gasteiger charge is -1.94. The van der Waals surface area contributed by atoms with Gasteiger partial charge in [-0.05, 0) is 18.9 Å². The summed E-state index contributed by atoms with van der Waals surface area (Å²) in [4.78, 5) is 0. The minimum absolute atomic E-state index is 1.20. The molecule has 0 spiro atoms. The topological polar surface area (TPSA) is 8.81 Å². The Bertz CT molecular complexity index is 310. The van der Waals surface area contributed by atoms with E-state index in [0.717, 1.165) is 0 Å². The largest absolute Gasteiger partial charge is 0.257 e. The molecule has 2 nitrogen and oxygen atoms in total. The van der Waals surface area contributed by atoms with E-state index in [-0.39, 0.29) is 0 Å². The molecule has 84 valence electrons. The van der Waals surface area contributed by atoms with Gasteiger partial charge in [0.15, 0.2) is 0 Å². The van der Waals surface area contributed by atoms with Crippen molar-refractivity contribution in [3.05, 3.63) is 24.3 Å². The Morgan fingerprint density at radius 3 is 2.73 bits per heavy atom. The Morgan fingerprint density at radius 1 is 1.33 bits per heavy atom. The lowest BCUT2D eigenvalue weighted by molar-refractivity contribution is -0.676. The highest BCUT2D eigenvalue weighted by Gasteiger charge is 2.04. The number of unbranched alkanes of at least 4 members (excludes halogenated alkanes) is 4. The third-order valence-electron chi connectivity index (χ3n) is 2.83. The Hall–Kier alpha value is -1.05. The maximum atomic E-state index is 2.27. The molecule has 0 unspecified atom stereocenters. The van der Waals surface area contributed by atoms with E-state index in [0.29, 0.717) is 0 Å². The van der Waals surface area contributed by atoms with Crippen LogP contribution in [0.25, 0.3) is 6.20 Å². The summed E-state index contributed by atoms with van der Waals surface area (Å²) in [5.74, 6) is 1.26. The van der Waals surface area contributed by atoms with Crippen LogP contribution in [0.15, 0.2) is 18.5 Å². The van der Waals surface area contributed by atoms with Gasteiger partial charge in [0.2, 0.25) is 0 Å². The number of hydrogen-bond donors (Lipinski definition) is 0. The van der Waals surface area contributed by atoms with Crippen LogP contribution in [0.5, 0.6) is 0 Å². The van der Waals surface area contributed by atoms with Crippen molar-refractivity contribution in [3.63, 3.8) is 0 Å². The van der Waals surface area contributed by atoms with Gasteiger partial charge in [0.05, 0.1) is 13.2 Å². The van der Waals surface area contributed by atoms with Crippen LogP contribution in [0.2, 0.25) is 0 Å². The highest BCUT2D eigenvalue weighted by atomic mass is 15.1. The SMILES string of the molecule is CCCCCCC=Cn1cc[n+](C)c1C. The molecule has 0 bridgehead atoms. The first-order chi connectivity index (χ1) is 7.25. The summed E-state index contributed by atoms with van der Waals surface area (Å²) in [6, 6.07) is 0. The molecule has 0 atom stereocenters. The molecule has 0 aliphatic rings. The number of nitrogens with zero attached hydrogens (tertiary/aromatic N) is 2. The summed E-state index contributed by atoms with van der Waals surface area (Å²) in [7, 11) is 2.07. The third kappa shape index (κ3) is 3.90. The summed E-state index contributed by atoms with van der Waals surface area (Å²) in [6.07, 6.45) is 15.2. The number of hydrogen-bond acceptors (Lipinski definition) is 0. The third-order valence-corrected chi connectivity index (χ3v) is 2.83. The summed E-state index contributed by atoms with van der Waals surface area (Å²) < 4.78 is 4.29. The second-order valence-electron chi connectivity index (χ2n) is 4.10. The molecular formula is C13H23N2+. The number of imidazole rings is 1. The second kappa shape index (κ2) is 6.44. The molecular weight excluding hydrogens is 184 g/mol. The predicted octanol–water partition coefficient (Wildman–Crippen LogP) is 3.06. The summed E-state index contributed by atoms with van der Waals surface area (Å²) in [5, 5.41) is 0. The molecule has 0 aliphatic heterocycles. The van der Waals surface area contributed by atoms with Crippen LogP contribution in [0.1, 0.15) is 44.9 Å². The molecule has 0 amide bonds. The van der Waals surface area contributed by atoms with Crippen molar-refractivity contribution < 1.29 is 4.57 Å². The molecule has 2 heteroatoms. The first-order valence-electron chi connectivity index (χ1n) is 5.95. The van der Waals surface area contributed by atoms with Crippen molar-refractivity contribution in [2.24, 2.45) is 7.05 Å². The average molecular weight is 207 g/mol. The highest BCUT2D eigenvalue weighted by molar-refractivity contribution is 5.22. The first kappa shape index (κ1) is 12.0. The zero-order valence-electron chi connectivity index (χ0n) is 10.2. The molecule has 0 fully saturated rings. The summed E-state index contributed by atoms with van der Waals surface area (Å²) >= 11 is 0. The van der Waals surface area contributed by atoms with E-state index in [1.807, 2.05) is 0 Å². The van der Waals surface area contributed by atoms with Gasteiger partial charge in [0.1, 0.15) is 12.4 Å². The van der Waals surface area contributed by atoms with E-state index in [1.54, 1.807) is 0 Å². The molecule has 0 radical (unpaired) electrons. The van der Waals surface area contributed by atoms with Crippen LogP contribution in [0, 0.1) is 6.92 Å². The zero-order chi connectivity index (χ0) is 11.1. The molecule has 0 saturated heterocycles. The van der Waals surface area contributed by atoms with Crippen molar-refractivity contribution in [1.82, 2.24) is 4.57 Å². The van der Waals surface area contributed by atoms with E-state index in [9.17, 15) is 0 Å². The van der Waals surface area contributed by atoms with Crippen molar-refractivity contribution in [2.75, 3.05) is 0 Å². The second-order valence-corrected chi connectivity index (χ2v) is 4.10. The van der Waals surface area contributed by atoms with Gasteiger partial charge in [0.25, 0.3) is 5.82 Å². The molecule has 0 saturated carbocycles. The minimum Gasteiger partial charge on any atom is -0.237 e. The Morgan fingerprint density at radius 2 is 2.13 bits per heavy atom. The van der Waals surface area contributed by atoms with E-state index in [2.05, 4.69) is 54.7 Å². The lowest BCUT2D eigenvalue weighted by Crippen LogP contribution is -2.29. The monoisotopic (exact) mass is 207 g/mol. The van der Waals surface area contributed by atoms with Crippen LogP contribution in [-0.4, -0.2) is 4.57 Å².